The Labute approximate surface area is 89.0 Å². The molecule has 0 nitrogen and oxygen atoms in total. The van der Waals surface area contributed by atoms with Gasteiger partial charge in [0.1, 0.15) is 10.7 Å². The maximum atomic E-state index is 12.8. The van der Waals surface area contributed by atoms with Crippen molar-refractivity contribution in [1.29, 1.82) is 0 Å². The molecule has 0 amide bonds. The molecule has 0 aliphatic heterocycles. The van der Waals surface area contributed by atoms with E-state index in [1.165, 1.54) is 13.8 Å². The van der Waals surface area contributed by atoms with E-state index >= 15 is 0 Å². The van der Waals surface area contributed by atoms with Crippen LogP contribution in [0.1, 0.15) is 25.3 Å². The maximum Gasteiger partial charge on any atom is 0.313 e. The second-order valence-electron chi connectivity index (χ2n) is 3.81. The van der Waals surface area contributed by atoms with Crippen LogP contribution in [0.25, 0.3) is 0 Å². The van der Waals surface area contributed by atoms with Gasteiger partial charge in [0.25, 0.3) is 0 Å². The van der Waals surface area contributed by atoms with Crippen LogP contribution in [-0.2, 0) is 0 Å². The first-order chi connectivity index (χ1) is 6.81. The molecule has 1 aromatic rings. The predicted octanol–water partition coefficient (Wildman–Crippen LogP) is 5.61. The SMILES string of the molecule is CC(C)c1ccc(F)c(S(F)(F)(F)(F)F)c1. The van der Waals surface area contributed by atoms with E-state index in [0.29, 0.717) is 6.07 Å². The molecule has 0 aliphatic rings. The third-order valence-corrected chi connectivity index (χ3v) is 3.18. The topological polar surface area (TPSA) is 0 Å². The Morgan fingerprint density at radius 2 is 1.50 bits per heavy atom. The van der Waals surface area contributed by atoms with E-state index in [1.807, 2.05) is 0 Å². The first-order valence-corrected chi connectivity index (χ1v) is 6.30. The van der Waals surface area contributed by atoms with E-state index in [9.17, 15) is 23.8 Å². The van der Waals surface area contributed by atoms with Crippen molar-refractivity contribution < 1.29 is 23.8 Å². The number of rotatable bonds is 2. The minimum Gasteiger partial charge on any atom is -0.205 e. The first-order valence-electron chi connectivity index (χ1n) is 4.35. The summed E-state index contributed by atoms with van der Waals surface area (Å²) in [4.78, 5) is -2.44. The van der Waals surface area contributed by atoms with Gasteiger partial charge in [-0.2, -0.15) is 0 Å². The van der Waals surface area contributed by atoms with E-state index in [2.05, 4.69) is 0 Å². The molecule has 7 heteroatoms. The van der Waals surface area contributed by atoms with Crippen molar-refractivity contribution in [2.75, 3.05) is 0 Å². The summed E-state index contributed by atoms with van der Waals surface area (Å²) in [6.07, 6.45) is 0. The van der Waals surface area contributed by atoms with E-state index in [-0.39, 0.29) is 17.5 Å². The van der Waals surface area contributed by atoms with Gasteiger partial charge in [0.05, 0.1) is 0 Å². The zero-order valence-corrected chi connectivity index (χ0v) is 9.30. The van der Waals surface area contributed by atoms with Crippen molar-refractivity contribution in [3.63, 3.8) is 0 Å². The first kappa shape index (κ1) is 13.2. The lowest BCUT2D eigenvalue weighted by atomic mass is 10.0. The Balaban J connectivity index is 3.53. The summed E-state index contributed by atoms with van der Waals surface area (Å²) >= 11 is 0. The molecule has 94 valence electrons. The Bertz CT molecular complexity index is 418. The molecule has 0 atom stereocenters. The van der Waals surface area contributed by atoms with Crippen LogP contribution < -0.4 is 0 Å². The lowest BCUT2D eigenvalue weighted by Gasteiger charge is -2.40. The Morgan fingerprint density at radius 3 is 1.88 bits per heavy atom. The van der Waals surface area contributed by atoms with Gasteiger partial charge < -0.3 is 0 Å². The Morgan fingerprint density at radius 1 is 1.00 bits per heavy atom. The van der Waals surface area contributed by atoms with Crippen LogP contribution >= 0.6 is 10.2 Å². The Kier molecular flexibility index (Phi) is 2.38. The smallest absolute Gasteiger partial charge is 0.205 e. The van der Waals surface area contributed by atoms with Crippen molar-refractivity contribution in [1.82, 2.24) is 0 Å². The summed E-state index contributed by atoms with van der Waals surface area (Å²) in [6, 6.07) is 1.66. The second-order valence-corrected chi connectivity index (χ2v) is 6.19. The fourth-order valence-corrected chi connectivity index (χ4v) is 1.97. The fraction of sp³-hybridized carbons (Fsp3) is 0.333. The van der Waals surface area contributed by atoms with Crippen LogP contribution in [0.3, 0.4) is 0 Å². The molecule has 0 N–H and O–H groups in total. The highest BCUT2D eigenvalue weighted by Gasteiger charge is 2.67. The molecule has 0 saturated carbocycles. The number of hydrogen-bond donors (Lipinski definition) is 0. The van der Waals surface area contributed by atoms with Gasteiger partial charge in [-0.05, 0) is 23.6 Å². The molecule has 0 aliphatic carbocycles. The van der Waals surface area contributed by atoms with Crippen LogP contribution in [0, 0.1) is 5.82 Å². The predicted molar refractivity (Wildman–Crippen MR) is 51.9 cm³/mol. The van der Waals surface area contributed by atoms with Crippen LogP contribution in [-0.4, -0.2) is 0 Å². The number of hydrogen-bond acceptors (Lipinski definition) is 0. The summed E-state index contributed by atoms with van der Waals surface area (Å²) in [5, 5.41) is 0. The monoisotopic (exact) mass is 264 g/mol. The molecule has 16 heavy (non-hydrogen) atoms. The molecule has 0 heterocycles. The van der Waals surface area contributed by atoms with Gasteiger partial charge in [0, 0.05) is 0 Å². The molecule has 0 radical (unpaired) electrons. The average Bonchev–Trinajstić information content (AvgIpc) is 1.99. The van der Waals surface area contributed by atoms with E-state index < -0.39 is 20.9 Å². The molecule has 1 rings (SSSR count). The fourth-order valence-electron chi connectivity index (χ4n) is 1.17. The zero-order chi connectivity index (χ0) is 12.8. The number of halogens is 6. The molecule has 0 bridgehead atoms. The van der Waals surface area contributed by atoms with Crippen molar-refractivity contribution in [3.05, 3.63) is 29.6 Å². The summed E-state index contributed by atoms with van der Waals surface area (Å²) in [7, 11) is -9.94. The minimum absolute atomic E-state index is 0.0182. The summed E-state index contributed by atoms with van der Waals surface area (Å²) < 4.78 is 74.9. The van der Waals surface area contributed by atoms with Crippen molar-refractivity contribution in [2.45, 2.75) is 24.7 Å². The third-order valence-electron chi connectivity index (χ3n) is 2.04. The van der Waals surface area contributed by atoms with E-state index in [0.717, 1.165) is 6.07 Å². The highest BCUT2D eigenvalue weighted by molar-refractivity contribution is 8.45. The van der Waals surface area contributed by atoms with Gasteiger partial charge in [-0.3, -0.25) is 0 Å². The molecular formula is C9H10F6S. The molecule has 1 aromatic carbocycles. The highest BCUT2D eigenvalue weighted by atomic mass is 32.5. The maximum absolute atomic E-state index is 12.8. The van der Waals surface area contributed by atoms with Gasteiger partial charge in [0.2, 0.25) is 0 Å². The largest absolute Gasteiger partial charge is 0.313 e. The minimum atomic E-state index is -9.94. The third kappa shape index (κ3) is 2.84. The van der Waals surface area contributed by atoms with Crippen molar-refractivity contribution in [2.24, 2.45) is 0 Å². The van der Waals surface area contributed by atoms with Crippen molar-refractivity contribution >= 4 is 10.2 Å². The molecule has 0 spiro atoms. The lowest BCUT2D eigenvalue weighted by Crippen LogP contribution is -2.09. The number of benzene rings is 1. The quantitative estimate of drug-likeness (QED) is 0.609. The van der Waals surface area contributed by atoms with Crippen LogP contribution in [0.15, 0.2) is 23.1 Å². The summed E-state index contributed by atoms with van der Waals surface area (Å²) in [6.45, 7) is 3.06. The summed E-state index contributed by atoms with van der Waals surface area (Å²) in [5.74, 6) is -2.33. The highest BCUT2D eigenvalue weighted by Crippen LogP contribution is 3.02. The van der Waals surface area contributed by atoms with Gasteiger partial charge in [-0.25, -0.2) is 4.39 Å². The van der Waals surface area contributed by atoms with Crippen molar-refractivity contribution in [3.8, 4) is 0 Å². The zero-order valence-electron chi connectivity index (χ0n) is 8.49. The summed E-state index contributed by atoms with van der Waals surface area (Å²) in [5.41, 5.74) is 0.0182. The molecule has 0 saturated heterocycles. The molecular weight excluding hydrogens is 254 g/mol. The van der Waals surface area contributed by atoms with E-state index in [1.54, 1.807) is 0 Å². The molecule has 0 fully saturated rings. The average molecular weight is 264 g/mol. The van der Waals surface area contributed by atoms with Gasteiger partial charge in [-0.15, -0.1) is 0 Å². The van der Waals surface area contributed by atoms with E-state index in [4.69, 9.17) is 0 Å². The van der Waals surface area contributed by atoms with Gasteiger partial charge >= 0.3 is 10.2 Å². The van der Waals surface area contributed by atoms with Crippen LogP contribution in [0.5, 0.6) is 0 Å². The van der Waals surface area contributed by atoms with Gasteiger partial charge in [0.15, 0.2) is 0 Å². The van der Waals surface area contributed by atoms with Crippen LogP contribution in [0.4, 0.5) is 23.8 Å². The van der Waals surface area contributed by atoms with Crippen LogP contribution in [0.2, 0.25) is 0 Å². The normalized spacial score (nSPS) is 17.1. The van der Waals surface area contributed by atoms with Gasteiger partial charge in [-0.1, -0.05) is 39.3 Å². The Hall–Kier alpha value is -0.850. The molecule has 0 aromatic heterocycles. The standard InChI is InChI=1S/C9H10F6S/c1-6(2)7-3-4-8(10)9(5-7)16(11,12,13,14)15/h3-6H,1-2H3. The second kappa shape index (κ2) is 2.88. The molecule has 0 unspecified atom stereocenters. The lowest BCUT2D eigenvalue weighted by molar-refractivity contribution is 0.355.